The van der Waals surface area contributed by atoms with Crippen molar-refractivity contribution in [3.63, 3.8) is 0 Å². The Morgan fingerprint density at radius 1 is 1.56 bits per heavy atom. The zero-order chi connectivity index (χ0) is 11.5. The molecule has 2 unspecified atom stereocenters. The van der Waals surface area contributed by atoms with Gasteiger partial charge in [0, 0.05) is 11.6 Å². The zero-order valence-corrected chi connectivity index (χ0v) is 9.90. The van der Waals surface area contributed by atoms with E-state index in [9.17, 15) is 0 Å². The summed E-state index contributed by atoms with van der Waals surface area (Å²) in [6.07, 6.45) is 1.13. The first-order valence-electron chi connectivity index (χ1n) is 5.85. The molecule has 1 aromatic carbocycles. The Kier molecular flexibility index (Phi) is 3.34. The van der Waals surface area contributed by atoms with Gasteiger partial charge in [0.05, 0.1) is 12.6 Å². The maximum atomic E-state index is 5.87. The first kappa shape index (κ1) is 11.3. The van der Waals surface area contributed by atoms with Gasteiger partial charge in [0.1, 0.15) is 18.1 Å². The summed E-state index contributed by atoms with van der Waals surface area (Å²) in [6.45, 7) is 5.67. The van der Waals surface area contributed by atoms with Crippen LogP contribution in [0.25, 0.3) is 0 Å². The van der Waals surface area contributed by atoms with E-state index in [0.717, 1.165) is 30.1 Å². The van der Waals surface area contributed by atoms with E-state index in [4.69, 9.17) is 15.2 Å². The third-order valence-corrected chi connectivity index (χ3v) is 3.03. The first-order chi connectivity index (χ1) is 7.70. The molecule has 3 heteroatoms. The van der Waals surface area contributed by atoms with Crippen LogP contribution in [0.2, 0.25) is 0 Å². The molecular weight excluding hydrogens is 202 g/mol. The SMILES string of the molecule is CCC(C)COc1ccc2c(c1)OCC2N. The Hall–Kier alpha value is -1.22. The maximum absolute atomic E-state index is 5.87. The molecule has 16 heavy (non-hydrogen) atoms. The van der Waals surface area contributed by atoms with Crippen molar-refractivity contribution in [2.75, 3.05) is 13.2 Å². The van der Waals surface area contributed by atoms with Crippen LogP contribution in [0, 0.1) is 5.92 Å². The maximum Gasteiger partial charge on any atom is 0.127 e. The van der Waals surface area contributed by atoms with Gasteiger partial charge < -0.3 is 15.2 Å². The van der Waals surface area contributed by atoms with Crippen LogP contribution >= 0.6 is 0 Å². The van der Waals surface area contributed by atoms with Gasteiger partial charge in [-0.1, -0.05) is 20.3 Å². The monoisotopic (exact) mass is 221 g/mol. The minimum atomic E-state index is 0.0126. The summed E-state index contributed by atoms with van der Waals surface area (Å²) >= 11 is 0. The van der Waals surface area contributed by atoms with Gasteiger partial charge in [-0.3, -0.25) is 0 Å². The van der Waals surface area contributed by atoms with Gasteiger partial charge in [-0.25, -0.2) is 0 Å². The lowest BCUT2D eigenvalue weighted by Crippen LogP contribution is -2.10. The number of hydrogen-bond acceptors (Lipinski definition) is 3. The smallest absolute Gasteiger partial charge is 0.127 e. The molecule has 0 fully saturated rings. The molecule has 0 bridgehead atoms. The Labute approximate surface area is 96.5 Å². The quantitative estimate of drug-likeness (QED) is 0.849. The molecule has 0 aromatic heterocycles. The molecule has 1 aliphatic rings. The van der Waals surface area contributed by atoms with E-state index in [1.54, 1.807) is 0 Å². The largest absolute Gasteiger partial charge is 0.493 e. The van der Waals surface area contributed by atoms with Crippen molar-refractivity contribution in [1.29, 1.82) is 0 Å². The predicted octanol–water partition coefficient (Wildman–Crippen LogP) is 2.50. The minimum absolute atomic E-state index is 0.0126. The molecule has 0 spiro atoms. The fourth-order valence-corrected chi connectivity index (χ4v) is 1.66. The van der Waals surface area contributed by atoms with Crippen LogP contribution in [0.5, 0.6) is 11.5 Å². The summed E-state index contributed by atoms with van der Waals surface area (Å²) in [5.41, 5.74) is 6.95. The highest BCUT2D eigenvalue weighted by Gasteiger charge is 2.20. The zero-order valence-electron chi connectivity index (χ0n) is 9.90. The van der Waals surface area contributed by atoms with Gasteiger partial charge in [-0.2, -0.15) is 0 Å². The molecule has 1 heterocycles. The molecule has 2 rings (SSSR count). The molecule has 1 aliphatic heterocycles. The van der Waals surface area contributed by atoms with Crippen LogP contribution in [-0.4, -0.2) is 13.2 Å². The molecule has 0 saturated heterocycles. The number of rotatable bonds is 4. The van der Waals surface area contributed by atoms with Crippen LogP contribution in [0.1, 0.15) is 31.9 Å². The molecule has 2 atom stereocenters. The number of nitrogens with two attached hydrogens (primary N) is 1. The number of fused-ring (bicyclic) bond motifs is 1. The molecule has 0 radical (unpaired) electrons. The van der Waals surface area contributed by atoms with E-state index in [1.807, 2.05) is 18.2 Å². The summed E-state index contributed by atoms with van der Waals surface area (Å²) in [4.78, 5) is 0. The van der Waals surface area contributed by atoms with Crippen LogP contribution < -0.4 is 15.2 Å². The predicted molar refractivity (Wildman–Crippen MR) is 63.8 cm³/mol. The van der Waals surface area contributed by atoms with Gasteiger partial charge in [-0.05, 0) is 18.1 Å². The van der Waals surface area contributed by atoms with Crippen LogP contribution in [0.3, 0.4) is 0 Å². The van der Waals surface area contributed by atoms with Crippen molar-refractivity contribution in [3.05, 3.63) is 23.8 Å². The topological polar surface area (TPSA) is 44.5 Å². The van der Waals surface area contributed by atoms with Crippen molar-refractivity contribution in [2.24, 2.45) is 11.7 Å². The third kappa shape index (κ3) is 2.30. The number of hydrogen-bond donors (Lipinski definition) is 1. The summed E-state index contributed by atoms with van der Waals surface area (Å²) in [6, 6.07) is 5.91. The van der Waals surface area contributed by atoms with Crippen molar-refractivity contribution in [3.8, 4) is 11.5 Å². The standard InChI is InChI=1S/C13H19NO2/c1-3-9(2)7-15-10-4-5-11-12(14)8-16-13(11)6-10/h4-6,9,12H,3,7-8,14H2,1-2H3. The molecule has 2 N–H and O–H groups in total. The second-order valence-corrected chi connectivity index (χ2v) is 4.44. The Bertz CT molecular complexity index is 365. The van der Waals surface area contributed by atoms with Crippen LogP contribution in [0.4, 0.5) is 0 Å². The molecule has 1 aromatic rings. The van der Waals surface area contributed by atoms with Gasteiger partial charge in [0.2, 0.25) is 0 Å². The lowest BCUT2D eigenvalue weighted by Gasteiger charge is -2.11. The molecule has 0 saturated carbocycles. The van der Waals surface area contributed by atoms with E-state index in [2.05, 4.69) is 13.8 Å². The van der Waals surface area contributed by atoms with Gasteiger partial charge in [0.25, 0.3) is 0 Å². The summed E-state index contributed by atoms with van der Waals surface area (Å²) in [5, 5.41) is 0. The molecule has 0 aliphatic carbocycles. The Balaban J connectivity index is 2.02. The molecular formula is C13H19NO2. The average Bonchev–Trinajstić information content (AvgIpc) is 2.67. The van der Waals surface area contributed by atoms with Crippen molar-refractivity contribution >= 4 is 0 Å². The third-order valence-electron chi connectivity index (χ3n) is 3.03. The highest BCUT2D eigenvalue weighted by Crippen LogP contribution is 2.34. The summed E-state index contributed by atoms with van der Waals surface area (Å²) < 4.78 is 11.2. The highest BCUT2D eigenvalue weighted by atomic mass is 16.5. The van der Waals surface area contributed by atoms with E-state index in [0.29, 0.717) is 12.5 Å². The van der Waals surface area contributed by atoms with Gasteiger partial charge in [-0.15, -0.1) is 0 Å². The lowest BCUT2D eigenvalue weighted by molar-refractivity contribution is 0.255. The fraction of sp³-hybridized carbons (Fsp3) is 0.538. The van der Waals surface area contributed by atoms with E-state index in [-0.39, 0.29) is 6.04 Å². The molecule has 3 nitrogen and oxygen atoms in total. The van der Waals surface area contributed by atoms with E-state index < -0.39 is 0 Å². The summed E-state index contributed by atoms with van der Waals surface area (Å²) in [5.74, 6) is 2.32. The molecule has 0 amide bonds. The van der Waals surface area contributed by atoms with E-state index in [1.165, 1.54) is 0 Å². The van der Waals surface area contributed by atoms with Crippen LogP contribution in [-0.2, 0) is 0 Å². The van der Waals surface area contributed by atoms with Gasteiger partial charge in [0.15, 0.2) is 0 Å². The summed E-state index contributed by atoms with van der Waals surface area (Å²) in [7, 11) is 0. The second kappa shape index (κ2) is 4.74. The average molecular weight is 221 g/mol. The van der Waals surface area contributed by atoms with E-state index >= 15 is 0 Å². The minimum Gasteiger partial charge on any atom is -0.493 e. The van der Waals surface area contributed by atoms with Crippen molar-refractivity contribution in [2.45, 2.75) is 26.3 Å². The Morgan fingerprint density at radius 3 is 3.12 bits per heavy atom. The Morgan fingerprint density at radius 2 is 2.38 bits per heavy atom. The second-order valence-electron chi connectivity index (χ2n) is 4.44. The number of ether oxygens (including phenoxy) is 2. The normalized spacial score (nSPS) is 20.1. The molecule has 88 valence electrons. The van der Waals surface area contributed by atoms with Crippen LogP contribution in [0.15, 0.2) is 18.2 Å². The fourth-order valence-electron chi connectivity index (χ4n) is 1.66. The van der Waals surface area contributed by atoms with Gasteiger partial charge >= 0.3 is 0 Å². The first-order valence-corrected chi connectivity index (χ1v) is 5.85. The van der Waals surface area contributed by atoms with Crippen molar-refractivity contribution in [1.82, 2.24) is 0 Å². The lowest BCUT2D eigenvalue weighted by atomic mass is 10.1. The highest BCUT2D eigenvalue weighted by molar-refractivity contribution is 5.44. The van der Waals surface area contributed by atoms with Crippen molar-refractivity contribution < 1.29 is 9.47 Å². The number of benzene rings is 1.